The van der Waals surface area contributed by atoms with Crippen molar-refractivity contribution in [2.24, 2.45) is 0 Å². The Morgan fingerprint density at radius 3 is 2.52 bits per heavy atom. The van der Waals surface area contributed by atoms with Gasteiger partial charge in [-0.25, -0.2) is 9.59 Å². The molecule has 0 spiro atoms. The Labute approximate surface area is 145 Å². The number of nitrogens with zero attached hydrogens (tertiary/aromatic N) is 2. The molecule has 0 unspecified atom stereocenters. The second-order valence-electron chi connectivity index (χ2n) is 6.09. The molecule has 25 heavy (non-hydrogen) atoms. The number of rotatable bonds is 2. The molecule has 1 saturated heterocycles. The number of benzene rings is 1. The van der Waals surface area contributed by atoms with Crippen molar-refractivity contribution >= 4 is 29.3 Å². The summed E-state index contributed by atoms with van der Waals surface area (Å²) in [7, 11) is 2.69. The molecule has 3 rings (SSSR count). The molecule has 0 saturated carbocycles. The molecule has 0 aliphatic carbocycles. The number of anilines is 2. The van der Waals surface area contributed by atoms with Gasteiger partial charge in [0, 0.05) is 19.1 Å². The third-order valence-electron chi connectivity index (χ3n) is 4.65. The minimum atomic E-state index is -0.444. The van der Waals surface area contributed by atoms with Crippen LogP contribution in [-0.4, -0.2) is 62.8 Å². The van der Waals surface area contributed by atoms with E-state index >= 15 is 0 Å². The molecule has 134 valence electrons. The van der Waals surface area contributed by atoms with Crippen molar-refractivity contribution in [1.82, 2.24) is 4.90 Å². The third kappa shape index (κ3) is 3.38. The summed E-state index contributed by atoms with van der Waals surface area (Å²) in [4.78, 5) is 39.1. The van der Waals surface area contributed by atoms with E-state index < -0.39 is 5.97 Å². The topological polar surface area (TPSA) is 88.2 Å². The maximum absolute atomic E-state index is 12.1. The lowest BCUT2D eigenvalue weighted by Gasteiger charge is -2.41. The molecule has 2 heterocycles. The maximum atomic E-state index is 12.1. The third-order valence-corrected chi connectivity index (χ3v) is 4.65. The number of esters is 1. The Morgan fingerprint density at radius 2 is 1.88 bits per heavy atom. The fourth-order valence-corrected chi connectivity index (χ4v) is 3.38. The van der Waals surface area contributed by atoms with E-state index in [-0.39, 0.29) is 24.6 Å². The van der Waals surface area contributed by atoms with Crippen LogP contribution in [0.4, 0.5) is 16.2 Å². The summed E-state index contributed by atoms with van der Waals surface area (Å²) < 4.78 is 9.48. The lowest BCUT2D eigenvalue weighted by molar-refractivity contribution is -0.115. The fraction of sp³-hybridized carbons (Fsp3) is 0.471. The van der Waals surface area contributed by atoms with E-state index in [0.29, 0.717) is 24.3 Å². The highest BCUT2D eigenvalue weighted by atomic mass is 16.5. The van der Waals surface area contributed by atoms with E-state index in [9.17, 15) is 14.4 Å². The van der Waals surface area contributed by atoms with Crippen molar-refractivity contribution in [2.75, 3.05) is 44.1 Å². The van der Waals surface area contributed by atoms with E-state index in [1.165, 1.54) is 14.2 Å². The Balaban J connectivity index is 1.79. The number of hydrogen-bond acceptors (Lipinski definition) is 6. The summed E-state index contributed by atoms with van der Waals surface area (Å²) in [5.74, 6) is -0.564. The van der Waals surface area contributed by atoms with Crippen LogP contribution in [0.1, 0.15) is 23.2 Å². The molecule has 1 fully saturated rings. The van der Waals surface area contributed by atoms with E-state index in [1.807, 2.05) is 11.0 Å². The largest absolute Gasteiger partial charge is 0.465 e. The van der Waals surface area contributed by atoms with Gasteiger partial charge in [0.15, 0.2) is 0 Å². The second kappa shape index (κ2) is 7.00. The molecular weight excluding hydrogens is 326 g/mol. The number of carbonyl (C=O) groups is 3. The van der Waals surface area contributed by atoms with Crippen LogP contribution in [-0.2, 0) is 14.3 Å². The summed E-state index contributed by atoms with van der Waals surface area (Å²) in [6, 6.07) is 5.30. The molecular formula is C17H21N3O5. The molecule has 0 atom stereocenters. The number of likely N-dealkylation sites (tertiary alicyclic amines) is 1. The average molecular weight is 347 g/mol. The van der Waals surface area contributed by atoms with Gasteiger partial charge in [-0.1, -0.05) is 0 Å². The predicted octanol–water partition coefficient (Wildman–Crippen LogP) is 1.46. The van der Waals surface area contributed by atoms with E-state index in [1.54, 1.807) is 17.0 Å². The fourth-order valence-electron chi connectivity index (χ4n) is 3.38. The molecule has 1 aromatic carbocycles. The number of hydrogen-bond donors (Lipinski definition) is 1. The lowest BCUT2D eigenvalue weighted by atomic mass is 10.0. The zero-order valence-electron chi connectivity index (χ0n) is 14.3. The minimum Gasteiger partial charge on any atom is -0.465 e. The summed E-state index contributed by atoms with van der Waals surface area (Å²) in [5.41, 5.74) is 1.88. The number of nitrogens with one attached hydrogen (secondary N) is 1. The van der Waals surface area contributed by atoms with Gasteiger partial charge in [0.05, 0.1) is 37.7 Å². The van der Waals surface area contributed by atoms with Crippen molar-refractivity contribution in [2.45, 2.75) is 18.9 Å². The number of amides is 2. The number of ether oxygens (including phenoxy) is 2. The molecule has 2 amide bonds. The van der Waals surface area contributed by atoms with Crippen LogP contribution in [0, 0.1) is 0 Å². The first-order valence-electron chi connectivity index (χ1n) is 8.15. The van der Waals surface area contributed by atoms with Gasteiger partial charge in [0.2, 0.25) is 5.91 Å². The molecule has 8 heteroatoms. The molecule has 0 radical (unpaired) electrons. The second-order valence-corrected chi connectivity index (χ2v) is 6.09. The van der Waals surface area contributed by atoms with Crippen molar-refractivity contribution in [3.05, 3.63) is 23.8 Å². The standard InChI is InChI=1S/C17H21N3O5/c1-24-16(22)11-3-4-14-13(9-11)18-15(21)10-20(14)12-5-7-19(8-6-12)17(23)25-2/h3-4,9,12H,5-8,10H2,1-2H3,(H,18,21). The molecule has 1 aromatic rings. The maximum Gasteiger partial charge on any atom is 0.409 e. The van der Waals surface area contributed by atoms with Crippen LogP contribution in [0.2, 0.25) is 0 Å². The molecule has 2 aliphatic rings. The minimum absolute atomic E-state index is 0.120. The quantitative estimate of drug-likeness (QED) is 0.815. The molecule has 1 N–H and O–H groups in total. The van der Waals surface area contributed by atoms with Crippen LogP contribution in [0.5, 0.6) is 0 Å². The number of piperidine rings is 1. The SMILES string of the molecule is COC(=O)c1ccc2c(c1)NC(=O)CN2C1CCN(C(=O)OC)CC1. The normalized spacial score (nSPS) is 17.6. The van der Waals surface area contributed by atoms with Crippen molar-refractivity contribution in [3.63, 3.8) is 0 Å². The highest BCUT2D eigenvalue weighted by molar-refractivity contribution is 6.03. The van der Waals surface area contributed by atoms with Gasteiger partial charge in [-0.05, 0) is 31.0 Å². The Kier molecular flexibility index (Phi) is 4.78. The van der Waals surface area contributed by atoms with Gasteiger partial charge in [-0.2, -0.15) is 0 Å². The lowest BCUT2D eigenvalue weighted by Crippen LogP contribution is -2.50. The van der Waals surface area contributed by atoms with Gasteiger partial charge >= 0.3 is 12.1 Å². The van der Waals surface area contributed by atoms with E-state index in [2.05, 4.69) is 5.32 Å². The van der Waals surface area contributed by atoms with Crippen molar-refractivity contribution < 1.29 is 23.9 Å². The first-order chi connectivity index (χ1) is 12.0. The summed E-state index contributed by atoms with van der Waals surface area (Å²) in [5, 5.41) is 2.81. The van der Waals surface area contributed by atoms with Crippen LogP contribution in [0.15, 0.2) is 18.2 Å². The van der Waals surface area contributed by atoms with Gasteiger partial charge < -0.3 is 24.6 Å². The summed E-state index contributed by atoms with van der Waals surface area (Å²) >= 11 is 0. The van der Waals surface area contributed by atoms with Gasteiger partial charge in [0.25, 0.3) is 0 Å². The van der Waals surface area contributed by atoms with Gasteiger partial charge in [-0.15, -0.1) is 0 Å². The van der Waals surface area contributed by atoms with Crippen molar-refractivity contribution in [1.29, 1.82) is 0 Å². The average Bonchev–Trinajstić information content (AvgIpc) is 2.65. The van der Waals surface area contributed by atoms with Crippen LogP contribution in [0.25, 0.3) is 0 Å². The number of methoxy groups -OCH3 is 2. The van der Waals surface area contributed by atoms with E-state index in [0.717, 1.165) is 18.5 Å². The predicted molar refractivity (Wildman–Crippen MR) is 90.8 cm³/mol. The first-order valence-corrected chi connectivity index (χ1v) is 8.15. The Bertz CT molecular complexity index is 698. The molecule has 0 bridgehead atoms. The molecule has 2 aliphatic heterocycles. The first kappa shape index (κ1) is 17.1. The number of fused-ring (bicyclic) bond motifs is 1. The summed E-state index contributed by atoms with van der Waals surface area (Å²) in [6.45, 7) is 1.43. The smallest absolute Gasteiger partial charge is 0.409 e. The van der Waals surface area contributed by atoms with Crippen LogP contribution < -0.4 is 10.2 Å². The van der Waals surface area contributed by atoms with Gasteiger partial charge in [-0.3, -0.25) is 4.79 Å². The Morgan fingerprint density at radius 1 is 1.16 bits per heavy atom. The van der Waals surface area contributed by atoms with Crippen LogP contribution >= 0.6 is 0 Å². The zero-order chi connectivity index (χ0) is 18.0. The molecule has 8 nitrogen and oxygen atoms in total. The highest BCUT2D eigenvalue weighted by Crippen LogP contribution is 2.34. The van der Waals surface area contributed by atoms with Gasteiger partial charge in [0.1, 0.15) is 0 Å². The van der Waals surface area contributed by atoms with E-state index in [4.69, 9.17) is 9.47 Å². The zero-order valence-corrected chi connectivity index (χ0v) is 14.3. The van der Waals surface area contributed by atoms with Crippen molar-refractivity contribution in [3.8, 4) is 0 Å². The highest BCUT2D eigenvalue weighted by Gasteiger charge is 2.32. The number of carbonyl (C=O) groups excluding carboxylic acids is 3. The summed E-state index contributed by atoms with van der Waals surface area (Å²) in [6.07, 6.45) is 1.18. The Hall–Kier alpha value is -2.77. The monoisotopic (exact) mass is 347 g/mol. The van der Waals surface area contributed by atoms with Crippen LogP contribution in [0.3, 0.4) is 0 Å². The molecule has 0 aromatic heterocycles.